The van der Waals surface area contributed by atoms with Crippen LogP contribution in [0.5, 0.6) is 0 Å². The molecule has 7 heteroatoms. The summed E-state index contributed by atoms with van der Waals surface area (Å²) in [6, 6.07) is 11.1. The maximum absolute atomic E-state index is 12.1. The van der Waals surface area contributed by atoms with E-state index in [0.29, 0.717) is 23.9 Å². The van der Waals surface area contributed by atoms with Crippen LogP contribution in [-0.2, 0) is 9.84 Å². The van der Waals surface area contributed by atoms with Crippen molar-refractivity contribution in [3.05, 3.63) is 59.9 Å². The molecule has 3 rings (SSSR count). The highest BCUT2D eigenvalue weighted by Crippen LogP contribution is 2.44. The Morgan fingerprint density at radius 1 is 1.20 bits per heavy atom. The van der Waals surface area contributed by atoms with Gasteiger partial charge in [-0.25, -0.2) is 13.2 Å². The lowest BCUT2D eigenvalue weighted by Gasteiger charge is -2.42. The van der Waals surface area contributed by atoms with Crippen molar-refractivity contribution in [2.75, 3.05) is 19.3 Å². The monoisotopic (exact) mass is 430 g/mol. The summed E-state index contributed by atoms with van der Waals surface area (Å²) < 4.78 is 24.2. The van der Waals surface area contributed by atoms with Gasteiger partial charge in [-0.1, -0.05) is 32.0 Å². The van der Waals surface area contributed by atoms with E-state index < -0.39 is 15.9 Å². The molecule has 6 nitrogen and oxygen atoms in total. The number of nitrogens with zero attached hydrogens (tertiary/aromatic N) is 2. The van der Waals surface area contributed by atoms with Crippen LogP contribution in [0.3, 0.4) is 0 Å². The molecule has 1 aromatic heterocycles. The van der Waals surface area contributed by atoms with Crippen molar-refractivity contribution >= 4 is 15.9 Å². The molecular weight excluding hydrogens is 400 g/mol. The minimum Gasteiger partial charge on any atom is -0.465 e. The number of rotatable bonds is 6. The summed E-state index contributed by atoms with van der Waals surface area (Å²) in [6.07, 6.45) is 6.46. The third-order valence-corrected chi connectivity index (χ3v) is 7.49. The predicted octanol–water partition coefficient (Wildman–Crippen LogP) is 4.42. The second-order valence-corrected chi connectivity index (χ2v) is 10.9. The Morgan fingerprint density at radius 3 is 2.43 bits per heavy atom. The number of carboxylic acid groups (broad SMARTS) is 1. The number of piperidine rings is 1. The van der Waals surface area contributed by atoms with Gasteiger partial charge in [0.25, 0.3) is 0 Å². The van der Waals surface area contributed by atoms with Crippen LogP contribution in [0.1, 0.15) is 50.2 Å². The smallest absolute Gasteiger partial charge is 0.407 e. The molecule has 1 aliphatic heterocycles. The van der Waals surface area contributed by atoms with E-state index in [1.807, 2.05) is 24.4 Å². The van der Waals surface area contributed by atoms with Crippen molar-refractivity contribution < 1.29 is 18.3 Å². The number of benzene rings is 1. The summed E-state index contributed by atoms with van der Waals surface area (Å²) in [5.41, 5.74) is 1.97. The lowest BCUT2D eigenvalue weighted by atomic mass is 9.67. The third-order valence-electron chi connectivity index (χ3n) is 6.38. The Balaban J connectivity index is 1.90. The molecule has 1 fully saturated rings. The van der Waals surface area contributed by atoms with E-state index >= 15 is 0 Å². The standard InChI is InChI=1S/C23H30N2O4S/c1-23(2,19-9-12-25(13-10-19)22(26)27)15-21(18-7-5-11-24-16-18)17-6-4-8-20(14-17)30(3,28)29/h4-8,11,14,16,19,21H,9-10,12-13,15H2,1-3H3,(H,26,27). The summed E-state index contributed by atoms with van der Waals surface area (Å²) in [5.74, 6) is 0.401. The number of sulfone groups is 1. The molecule has 1 unspecified atom stereocenters. The summed E-state index contributed by atoms with van der Waals surface area (Å²) >= 11 is 0. The molecule has 1 saturated heterocycles. The quantitative estimate of drug-likeness (QED) is 0.733. The van der Waals surface area contributed by atoms with Gasteiger partial charge in [-0.15, -0.1) is 0 Å². The molecule has 1 N–H and O–H groups in total. The lowest BCUT2D eigenvalue weighted by molar-refractivity contribution is 0.0820. The van der Waals surface area contributed by atoms with Gasteiger partial charge in [0.05, 0.1) is 4.90 Å². The van der Waals surface area contributed by atoms with Gasteiger partial charge in [-0.05, 0) is 59.9 Å². The second-order valence-electron chi connectivity index (χ2n) is 8.92. The number of aromatic nitrogens is 1. The second kappa shape index (κ2) is 8.76. The van der Waals surface area contributed by atoms with Gasteiger partial charge < -0.3 is 10.0 Å². The van der Waals surface area contributed by atoms with Gasteiger partial charge in [0.1, 0.15) is 0 Å². The van der Waals surface area contributed by atoms with Gasteiger partial charge in [-0.3, -0.25) is 4.98 Å². The zero-order valence-corrected chi connectivity index (χ0v) is 18.6. The number of hydrogen-bond acceptors (Lipinski definition) is 4. The first-order valence-corrected chi connectivity index (χ1v) is 12.1. The molecular formula is C23H30N2O4S. The minimum absolute atomic E-state index is 0.00732. The van der Waals surface area contributed by atoms with Gasteiger partial charge in [0.2, 0.25) is 0 Å². The van der Waals surface area contributed by atoms with E-state index in [0.717, 1.165) is 30.4 Å². The summed E-state index contributed by atoms with van der Waals surface area (Å²) in [5, 5.41) is 9.23. The fourth-order valence-corrected chi connectivity index (χ4v) is 5.19. The maximum atomic E-state index is 12.1. The van der Waals surface area contributed by atoms with Gasteiger partial charge >= 0.3 is 6.09 Å². The Morgan fingerprint density at radius 2 is 1.87 bits per heavy atom. The molecule has 0 saturated carbocycles. The van der Waals surface area contributed by atoms with Crippen molar-refractivity contribution in [3.8, 4) is 0 Å². The van der Waals surface area contributed by atoms with E-state index in [1.54, 1.807) is 24.4 Å². The van der Waals surface area contributed by atoms with Crippen molar-refractivity contribution in [3.63, 3.8) is 0 Å². The molecule has 1 aliphatic rings. The fourth-order valence-electron chi connectivity index (χ4n) is 4.52. The zero-order chi connectivity index (χ0) is 21.9. The number of carbonyl (C=O) groups is 1. The molecule has 0 spiro atoms. The van der Waals surface area contributed by atoms with E-state index in [-0.39, 0.29) is 11.3 Å². The van der Waals surface area contributed by atoms with E-state index in [4.69, 9.17) is 0 Å². The number of hydrogen-bond donors (Lipinski definition) is 1. The molecule has 30 heavy (non-hydrogen) atoms. The van der Waals surface area contributed by atoms with Gasteiger partial charge in [0, 0.05) is 37.7 Å². The maximum Gasteiger partial charge on any atom is 0.407 e. The Kier molecular flexibility index (Phi) is 6.50. The Hall–Kier alpha value is -2.41. The lowest BCUT2D eigenvalue weighted by Crippen LogP contribution is -2.41. The molecule has 162 valence electrons. The van der Waals surface area contributed by atoms with Crippen LogP contribution in [-0.4, -0.2) is 48.8 Å². The molecule has 0 bridgehead atoms. The van der Waals surface area contributed by atoms with Crippen LogP contribution >= 0.6 is 0 Å². The predicted molar refractivity (Wildman–Crippen MR) is 116 cm³/mol. The number of amides is 1. The molecule has 0 radical (unpaired) electrons. The molecule has 0 aliphatic carbocycles. The molecule has 1 atom stereocenters. The van der Waals surface area contributed by atoms with Crippen molar-refractivity contribution in [2.24, 2.45) is 11.3 Å². The highest BCUT2D eigenvalue weighted by Gasteiger charge is 2.36. The molecule has 1 aromatic carbocycles. The first kappa shape index (κ1) is 22.3. The first-order valence-electron chi connectivity index (χ1n) is 10.3. The summed E-state index contributed by atoms with van der Waals surface area (Å²) in [4.78, 5) is 17.3. The van der Waals surface area contributed by atoms with Gasteiger partial charge in [0.15, 0.2) is 9.84 Å². The first-order chi connectivity index (χ1) is 14.1. The highest BCUT2D eigenvalue weighted by molar-refractivity contribution is 7.90. The third kappa shape index (κ3) is 5.19. The van der Waals surface area contributed by atoms with E-state index in [9.17, 15) is 18.3 Å². The highest BCUT2D eigenvalue weighted by atomic mass is 32.2. The van der Waals surface area contributed by atoms with Crippen LogP contribution in [0.25, 0.3) is 0 Å². The average Bonchev–Trinajstić information content (AvgIpc) is 2.72. The SMILES string of the molecule is CC(C)(CC(c1cccnc1)c1cccc(S(C)(=O)=O)c1)C1CCN(C(=O)O)CC1. The molecule has 2 heterocycles. The van der Waals surface area contributed by atoms with E-state index in [2.05, 4.69) is 18.8 Å². The normalized spacial score (nSPS) is 17.0. The number of pyridine rings is 1. The van der Waals surface area contributed by atoms with Gasteiger partial charge in [-0.2, -0.15) is 0 Å². The Labute approximate surface area is 178 Å². The molecule has 2 aromatic rings. The number of likely N-dealkylation sites (tertiary alicyclic amines) is 1. The van der Waals surface area contributed by atoms with Crippen molar-refractivity contribution in [1.82, 2.24) is 9.88 Å². The van der Waals surface area contributed by atoms with Crippen molar-refractivity contribution in [1.29, 1.82) is 0 Å². The Bertz CT molecular complexity index is 981. The van der Waals surface area contributed by atoms with E-state index in [1.165, 1.54) is 11.2 Å². The van der Waals surface area contributed by atoms with Crippen LogP contribution in [0.15, 0.2) is 53.7 Å². The van der Waals surface area contributed by atoms with Crippen LogP contribution in [0.2, 0.25) is 0 Å². The van der Waals surface area contributed by atoms with Crippen molar-refractivity contribution in [2.45, 2.75) is 43.9 Å². The largest absolute Gasteiger partial charge is 0.465 e. The van der Waals surface area contributed by atoms with Crippen LogP contribution < -0.4 is 0 Å². The minimum atomic E-state index is -3.30. The molecule has 1 amide bonds. The fraction of sp³-hybridized carbons (Fsp3) is 0.478. The summed E-state index contributed by atoms with van der Waals surface area (Å²) in [7, 11) is -3.30. The van der Waals surface area contributed by atoms with Crippen LogP contribution in [0.4, 0.5) is 4.79 Å². The topological polar surface area (TPSA) is 87.6 Å². The summed E-state index contributed by atoms with van der Waals surface area (Å²) in [6.45, 7) is 5.59. The van der Waals surface area contributed by atoms with Crippen LogP contribution in [0, 0.1) is 11.3 Å². The average molecular weight is 431 g/mol. The zero-order valence-electron chi connectivity index (χ0n) is 17.8.